The highest BCUT2D eigenvalue weighted by Gasteiger charge is 2.34. The Bertz CT molecular complexity index is 1080. The lowest BCUT2D eigenvalue weighted by Gasteiger charge is -2.33. The molecule has 1 atom stereocenters. The molecule has 35 heavy (non-hydrogen) atoms. The monoisotopic (exact) mass is 490 g/mol. The molecule has 1 N–H and O–H groups in total. The van der Waals surface area contributed by atoms with Crippen molar-refractivity contribution in [2.75, 3.05) is 13.2 Å². The molecule has 0 saturated heterocycles. The molecule has 1 aliphatic rings. The summed E-state index contributed by atoms with van der Waals surface area (Å²) in [5.74, 6) is 0.466. The maximum absolute atomic E-state index is 13.9. The van der Waals surface area contributed by atoms with Crippen molar-refractivity contribution in [3.63, 3.8) is 0 Å². The lowest BCUT2D eigenvalue weighted by molar-refractivity contribution is -0.140. The summed E-state index contributed by atoms with van der Waals surface area (Å²) in [6, 6.07) is 21.1. The number of amides is 2. The van der Waals surface area contributed by atoms with Crippen LogP contribution in [-0.2, 0) is 22.4 Å². The fourth-order valence-corrected chi connectivity index (χ4v) is 5.45. The third kappa shape index (κ3) is 6.73. The highest BCUT2D eigenvalue weighted by molar-refractivity contribution is 7.10. The van der Waals surface area contributed by atoms with Crippen molar-refractivity contribution in [1.29, 1.82) is 0 Å². The van der Waals surface area contributed by atoms with E-state index in [0.29, 0.717) is 25.3 Å². The van der Waals surface area contributed by atoms with Crippen LogP contribution >= 0.6 is 11.3 Å². The second-order valence-electron chi connectivity index (χ2n) is 8.94. The Morgan fingerprint density at radius 2 is 1.77 bits per heavy atom. The average Bonchev–Trinajstić information content (AvgIpc) is 3.58. The Balaban J connectivity index is 1.69. The van der Waals surface area contributed by atoms with Gasteiger partial charge in [0.15, 0.2) is 0 Å². The minimum Gasteiger partial charge on any atom is -0.494 e. The van der Waals surface area contributed by atoms with Gasteiger partial charge >= 0.3 is 0 Å². The van der Waals surface area contributed by atoms with E-state index in [0.717, 1.165) is 41.7 Å². The predicted octanol–water partition coefficient (Wildman–Crippen LogP) is 5.56. The van der Waals surface area contributed by atoms with Gasteiger partial charge in [-0.1, -0.05) is 67.4 Å². The van der Waals surface area contributed by atoms with Gasteiger partial charge in [-0.3, -0.25) is 9.59 Å². The number of rotatable bonds is 11. The summed E-state index contributed by atoms with van der Waals surface area (Å²) >= 11 is 1.56. The summed E-state index contributed by atoms with van der Waals surface area (Å²) in [6.45, 7) is 2.86. The van der Waals surface area contributed by atoms with Crippen LogP contribution in [0.4, 0.5) is 0 Å². The fourth-order valence-electron chi connectivity index (χ4n) is 4.75. The van der Waals surface area contributed by atoms with E-state index in [4.69, 9.17) is 4.74 Å². The van der Waals surface area contributed by atoms with Crippen molar-refractivity contribution >= 4 is 23.2 Å². The van der Waals surface area contributed by atoms with Gasteiger partial charge in [0, 0.05) is 23.0 Å². The zero-order chi connectivity index (χ0) is 24.5. The predicted molar refractivity (Wildman–Crippen MR) is 141 cm³/mol. The quantitative estimate of drug-likeness (QED) is 0.383. The summed E-state index contributed by atoms with van der Waals surface area (Å²) in [7, 11) is 0. The molecule has 2 amide bonds. The molecular formula is C29H34N2O3S. The molecule has 0 aliphatic heterocycles. The number of benzene rings is 2. The zero-order valence-corrected chi connectivity index (χ0v) is 21.1. The van der Waals surface area contributed by atoms with E-state index in [2.05, 4.69) is 17.4 Å². The summed E-state index contributed by atoms with van der Waals surface area (Å²) in [5, 5.41) is 5.23. The van der Waals surface area contributed by atoms with Gasteiger partial charge in [0.05, 0.1) is 13.0 Å². The topological polar surface area (TPSA) is 58.6 Å². The van der Waals surface area contributed by atoms with E-state index in [1.807, 2.05) is 66.9 Å². The van der Waals surface area contributed by atoms with Gasteiger partial charge < -0.3 is 15.0 Å². The number of para-hydroxylation sites is 1. The van der Waals surface area contributed by atoms with Crippen LogP contribution in [0.3, 0.4) is 0 Å². The smallest absolute Gasteiger partial charge is 0.247 e. The van der Waals surface area contributed by atoms with E-state index in [-0.39, 0.29) is 24.3 Å². The van der Waals surface area contributed by atoms with Crippen molar-refractivity contribution in [3.05, 3.63) is 88.1 Å². The van der Waals surface area contributed by atoms with Gasteiger partial charge in [0.2, 0.25) is 11.8 Å². The van der Waals surface area contributed by atoms with Crippen molar-refractivity contribution in [2.24, 2.45) is 0 Å². The number of nitrogens with zero attached hydrogens (tertiary/aromatic N) is 1. The Labute approximate surface area is 212 Å². The minimum atomic E-state index is -0.755. The first-order chi connectivity index (χ1) is 17.2. The van der Waals surface area contributed by atoms with Crippen LogP contribution in [0.25, 0.3) is 0 Å². The van der Waals surface area contributed by atoms with E-state index >= 15 is 0 Å². The molecule has 0 radical (unpaired) electrons. The maximum atomic E-state index is 13.9. The average molecular weight is 491 g/mol. The molecule has 184 valence electrons. The number of thiophene rings is 1. The Morgan fingerprint density at radius 1 is 1.03 bits per heavy atom. The van der Waals surface area contributed by atoms with Gasteiger partial charge in [-0.05, 0) is 49.3 Å². The normalized spacial score (nSPS) is 14.4. The Morgan fingerprint density at radius 3 is 2.49 bits per heavy atom. The molecule has 1 saturated carbocycles. The van der Waals surface area contributed by atoms with Gasteiger partial charge in [0.1, 0.15) is 11.8 Å². The molecule has 1 aromatic heterocycles. The molecule has 6 heteroatoms. The summed E-state index contributed by atoms with van der Waals surface area (Å²) in [4.78, 5) is 30.4. The third-order valence-corrected chi connectivity index (χ3v) is 7.36. The van der Waals surface area contributed by atoms with Crippen molar-refractivity contribution < 1.29 is 14.3 Å². The van der Waals surface area contributed by atoms with Crippen molar-refractivity contribution in [3.8, 4) is 5.75 Å². The third-order valence-electron chi connectivity index (χ3n) is 6.49. The van der Waals surface area contributed by atoms with Gasteiger partial charge in [-0.15, -0.1) is 11.3 Å². The van der Waals surface area contributed by atoms with Crippen LogP contribution in [-0.4, -0.2) is 35.9 Å². The number of ether oxygens (including phenoxy) is 1. The first-order valence-corrected chi connectivity index (χ1v) is 13.4. The Kier molecular flexibility index (Phi) is 8.96. The Hall–Kier alpha value is -3.12. The summed E-state index contributed by atoms with van der Waals surface area (Å²) in [6.07, 6.45) is 5.16. The van der Waals surface area contributed by atoms with Crippen LogP contribution in [0.2, 0.25) is 0 Å². The van der Waals surface area contributed by atoms with Gasteiger partial charge in [-0.25, -0.2) is 0 Å². The SMILES string of the molecule is CCOc1ccccc1[C@H](C(=O)NC1CCCC1)N(CCc1ccccc1)C(=O)Cc1cccs1. The molecule has 2 aromatic carbocycles. The molecule has 0 bridgehead atoms. The molecule has 4 rings (SSSR count). The molecule has 0 unspecified atom stereocenters. The van der Waals surface area contributed by atoms with Crippen molar-refractivity contribution in [2.45, 2.75) is 57.5 Å². The number of carbonyl (C=O) groups excluding carboxylic acids is 2. The molecule has 1 heterocycles. The van der Waals surface area contributed by atoms with Gasteiger partial charge in [-0.2, -0.15) is 0 Å². The minimum absolute atomic E-state index is 0.0544. The number of carbonyl (C=O) groups is 2. The van der Waals surface area contributed by atoms with E-state index in [1.165, 1.54) is 0 Å². The molecular weight excluding hydrogens is 456 g/mol. The second kappa shape index (κ2) is 12.5. The van der Waals surface area contributed by atoms with E-state index in [9.17, 15) is 9.59 Å². The summed E-state index contributed by atoms with van der Waals surface area (Å²) < 4.78 is 5.92. The molecule has 0 spiro atoms. The van der Waals surface area contributed by atoms with Crippen LogP contribution in [0.15, 0.2) is 72.1 Å². The second-order valence-corrected chi connectivity index (χ2v) is 9.97. The lowest BCUT2D eigenvalue weighted by Crippen LogP contribution is -2.47. The number of nitrogens with one attached hydrogen (secondary N) is 1. The fraction of sp³-hybridized carbons (Fsp3) is 0.379. The zero-order valence-electron chi connectivity index (χ0n) is 20.3. The molecule has 5 nitrogen and oxygen atoms in total. The van der Waals surface area contributed by atoms with Crippen LogP contribution in [0.5, 0.6) is 5.75 Å². The molecule has 1 fully saturated rings. The first-order valence-electron chi connectivity index (χ1n) is 12.5. The van der Waals surface area contributed by atoms with Crippen LogP contribution < -0.4 is 10.1 Å². The largest absolute Gasteiger partial charge is 0.494 e. The maximum Gasteiger partial charge on any atom is 0.247 e. The van der Waals surface area contributed by atoms with E-state index in [1.54, 1.807) is 16.2 Å². The number of hydrogen-bond acceptors (Lipinski definition) is 4. The first kappa shape index (κ1) is 25.0. The van der Waals surface area contributed by atoms with Crippen molar-refractivity contribution in [1.82, 2.24) is 10.2 Å². The van der Waals surface area contributed by atoms with E-state index < -0.39 is 6.04 Å². The van der Waals surface area contributed by atoms with Crippen LogP contribution in [0, 0.1) is 0 Å². The molecule has 1 aliphatic carbocycles. The highest BCUT2D eigenvalue weighted by Crippen LogP contribution is 2.32. The highest BCUT2D eigenvalue weighted by atomic mass is 32.1. The number of hydrogen-bond donors (Lipinski definition) is 1. The molecule has 3 aromatic rings. The van der Waals surface area contributed by atoms with Gasteiger partial charge in [0.25, 0.3) is 0 Å². The lowest BCUT2D eigenvalue weighted by atomic mass is 10.0. The van der Waals surface area contributed by atoms with Crippen LogP contribution in [0.1, 0.15) is 54.7 Å². The standard InChI is InChI=1S/C29H34N2O3S/c1-2-34-26-17-9-8-16-25(26)28(29(33)30-23-13-6-7-14-23)31(19-18-22-11-4-3-5-12-22)27(32)21-24-15-10-20-35-24/h3-5,8-12,15-17,20,23,28H,2,6-7,13-14,18-19,21H2,1H3,(H,30,33)/t28-/m1/s1. The summed E-state index contributed by atoms with van der Waals surface area (Å²) in [5.41, 5.74) is 1.87.